The smallest absolute Gasteiger partial charge is 0.159 e. The molecular formula is C14H16N2. The highest BCUT2D eigenvalue weighted by Gasteiger charge is 2.00. The van der Waals surface area contributed by atoms with E-state index in [0.29, 0.717) is 0 Å². The van der Waals surface area contributed by atoms with Crippen molar-refractivity contribution < 1.29 is 0 Å². The van der Waals surface area contributed by atoms with Crippen LogP contribution in [0.15, 0.2) is 37.6 Å². The topological polar surface area (TPSA) is 25.8 Å². The molecule has 0 aliphatic rings. The van der Waals surface area contributed by atoms with Gasteiger partial charge in [-0.2, -0.15) is 0 Å². The highest BCUT2D eigenvalue weighted by atomic mass is 14.8. The molecule has 0 radical (unpaired) electrons. The molecule has 0 aliphatic heterocycles. The quantitative estimate of drug-likeness (QED) is 0.753. The first-order valence-corrected chi connectivity index (χ1v) is 5.36. The lowest BCUT2D eigenvalue weighted by molar-refractivity contribution is 1.26. The molecule has 0 amide bonds. The van der Waals surface area contributed by atoms with Gasteiger partial charge in [-0.15, -0.1) is 0 Å². The highest BCUT2D eigenvalue weighted by Crippen LogP contribution is 2.16. The normalized spacial score (nSPS) is 9.12. The zero-order chi connectivity index (χ0) is 12.0. The van der Waals surface area contributed by atoms with Crippen LogP contribution in [-0.4, -0.2) is 9.97 Å². The standard InChI is InChI=1S/C12H10N2.C2H6/c1-3-9-8-10-6-5-7-13-12(10)14-11(9)4-2;1-2/h3-8H,1-2H2;1-2H3. The zero-order valence-electron chi connectivity index (χ0n) is 9.77. The predicted molar refractivity (Wildman–Crippen MR) is 71.1 cm³/mol. The molecule has 82 valence electrons. The number of hydrogen-bond acceptors (Lipinski definition) is 2. The Kier molecular flexibility index (Phi) is 4.40. The number of fused-ring (bicyclic) bond motifs is 1. The minimum atomic E-state index is 0.744. The monoisotopic (exact) mass is 212 g/mol. The molecule has 0 bridgehead atoms. The van der Waals surface area contributed by atoms with E-state index in [-0.39, 0.29) is 0 Å². The molecule has 0 spiro atoms. The van der Waals surface area contributed by atoms with Crippen molar-refractivity contribution >= 4 is 23.2 Å². The van der Waals surface area contributed by atoms with Crippen molar-refractivity contribution in [3.05, 3.63) is 48.8 Å². The van der Waals surface area contributed by atoms with E-state index < -0.39 is 0 Å². The summed E-state index contributed by atoms with van der Waals surface area (Å²) >= 11 is 0. The van der Waals surface area contributed by atoms with Gasteiger partial charge in [0, 0.05) is 17.1 Å². The van der Waals surface area contributed by atoms with Gasteiger partial charge >= 0.3 is 0 Å². The Morgan fingerprint density at radius 2 is 1.94 bits per heavy atom. The summed E-state index contributed by atoms with van der Waals surface area (Å²) in [4.78, 5) is 8.54. The molecule has 0 fully saturated rings. The van der Waals surface area contributed by atoms with E-state index >= 15 is 0 Å². The molecule has 0 aromatic carbocycles. The minimum Gasteiger partial charge on any atom is -0.237 e. The molecule has 0 unspecified atom stereocenters. The van der Waals surface area contributed by atoms with E-state index in [9.17, 15) is 0 Å². The molecule has 0 saturated carbocycles. The van der Waals surface area contributed by atoms with Gasteiger partial charge in [-0.1, -0.05) is 33.1 Å². The maximum absolute atomic E-state index is 4.36. The van der Waals surface area contributed by atoms with Crippen molar-refractivity contribution in [2.75, 3.05) is 0 Å². The van der Waals surface area contributed by atoms with Crippen molar-refractivity contribution in [1.29, 1.82) is 0 Å². The van der Waals surface area contributed by atoms with Gasteiger partial charge in [0.2, 0.25) is 0 Å². The van der Waals surface area contributed by atoms with Gasteiger partial charge in [-0.25, -0.2) is 9.97 Å². The lowest BCUT2D eigenvalue weighted by Gasteiger charge is -2.02. The van der Waals surface area contributed by atoms with Gasteiger partial charge in [-0.3, -0.25) is 0 Å². The average molecular weight is 212 g/mol. The maximum atomic E-state index is 4.36. The summed E-state index contributed by atoms with van der Waals surface area (Å²) in [6.45, 7) is 11.4. The van der Waals surface area contributed by atoms with E-state index in [1.165, 1.54) is 0 Å². The average Bonchev–Trinajstić information content (AvgIpc) is 2.39. The summed E-state index contributed by atoms with van der Waals surface area (Å²) in [5.74, 6) is 0. The Balaban J connectivity index is 0.000000606. The molecule has 2 aromatic heterocycles. The molecule has 0 aliphatic carbocycles. The first-order chi connectivity index (χ1) is 7.85. The van der Waals surface area contributed by atoms with E-state index in [0.717, 1.165) is 22.3 Å². The molecule has 2 aromatic rings. The fourth-order valence-corrected chi connectivity index (χ4v) is 1.36. The first kappa shape index (κ1) is 12.1. The van der Waals surface area contributed by atoms with Crippen molar-refractivity contribution in [3.8, 4) is 0 Å². The summed E-state index contributed by atoms with van der Waals surface area (Å²) in [5.41, 5.74) is 2.56. The minimum absolute atomic E-state index is 0.744. The van der Waals surface area contributed by atoms with Crippen LogP contribution in [0.2, 0.25) is 0 Å². The third-order valence-electron chi connectivity index (χ3n) is 2.06. The second-order valence-corrected chi connectivity index (χ2v) is 2.92. The fraction of sp³-hybridized carbons (Fsp3) is 0.143. The highest BCUT2D eigenvalue weighted by molar-refractivity contribution is 5.80. The third kappa shape index (κ3) is 2.34. The van der Waals surface area contributed by atoms with Gasteiger partial charge in [0.05, 0.1) is 5.69 Å². The lowest BCUT2D eigenvalue weighted by atomic mass is 10.1. The third-order valence-corrected chi connectivity index (χ3v) is 2.06. The SMILES string of the molecule is C=Cc1cc2cccnc2nc1C=C.CC. The zero-order valence-corrected chi connectivity index (χ0v) is 9.77. The van der Waals surface area contributed by atoms with Gasteiger partial charge in [0.1, 0.15) is 0 Å². The molecule has 0 N–H and O–H groups in total. The van der Waals surface area contributed by atoms with Crippen LogP contribution in [0, 0.1) is 0 Å². The molecule has 2 rings (SSSR count). The van der Waals surface area contributed by atoms with Gasteiger partial charge in [0.15, 0.2) is 5.65 Å². The molecule has 0 saturated heterocycles. The summed E-state index contributed by atoms with van der Waals surface area (Å²) in [5, 5.41) is 1.02. The van der Waals surface area contributed by atoms with Crippen LogP contribution in [0.25, 0.3) is 23.2 Å². The molecule has 2 heteroatoms. The summed E-state index contributed by atoms with van der Waals surface area (Å²) in [7, 11) is 0. The number of rotatable bonds is 2. The Hall–Kier alpha value is -1.96. The second-order valence-electron chi connectivity index (χ2n) is 2.92. The summed E-state index contributed by atoms with van der Waals surface area (Å²) in [6.07, 6.45) is 5.22. The largest absolute Gasteiger partial charge is 0.237 e. The number of pyridine rings is 2. The fourth-order valence-electron chi connectivity index (χ4n) is 1.36. The summed E-state index contributed by atoms with van der Waals surface area (Å²) < 4.78 is 0. The van der Waals surface area contributed by atoms with Crippen LogP contribution in [0.5, 0.6) is 0 Å². The molecule has 0 atom stereocenters. The van der Waals surface area contributed by atoms with Crippen molar-refractivity contribution in [2.24, 2.45) is 0 Å². The van der Waals surface area contributed by atoms with Crippen molar-refractivity contribution in [3.63, 3.8) is 0 Å². The van der Waals surface area contributed by atoms with Crippen LogP contribution in [0.3, 0.4) is 0 Å². The number of nitrogens with zero attached hydrogens (tertiary/aromatic N) is 2. The van der Waals surface area contributed by atoms with Gasteiger partial charge < -0.3 is 0 Å². The van der Waals surface area contributed by atoms with Crippen LogP contribution in [-0.2, 0) is 0 Å². The summed E-state index contributed by atoms with van der Waals surface area (Å²) in [6, 6.07) is 5.89. The van der Waals surface area contributed by atoms with Crippen LogP contribution in [0.4, 0.5) is 0 Å². The number of hydrogen-bond donors (Lipinski definition) is 0. The predicted octanol–water partition coefficient (Wildman–Crippen LogP) is 3.94. The van der Waals surface area contributed by atoms with Crippen LogP contribution < -0.4 is 0 Å². The van der Waals surface area contributed by atoms with E-state index in [1.54, 1.807) is 18.3 Å². The molecule has 2 nitrogen and oxygen atoms in total. The van der Waals surface area contributed by atoms with E-state index in [2.05, 4.69) is 23.1 Å². The first-order valence-electron chi connectivity index (χ1n) is 5.36. The Bertz CT molecular complexity index is 455. The van der Waals surface area contributed by atoms with Crippen LogP contribution >= 0.6 is 0 Å². The van der Waals surface area contributed by atoms with Crippen molar-refractivity contribution in [2.45, 2.75) is 13.8 Å². The van der Waals surface area contributed by atoms with Gasteiger partial charge in [0.25, 0.3) is 0 Å². The molecular weight excluding hydrogens is 196 g/mol. The van der Waals surface area contributed by atoms with Gasteiger partial charge in [-0.05, 0) is 24.3 Å². The van der Waals surface area contributed by atoms with Crippen molar-refractivity contribution in [1.82, 2.24) is 9.97 Å². The Morgan fingerprint density at radius 3 is 2.56 bits per heavy atom. The second kappa shape index (κ2) is 5.81. The maximum Gasteiger partial charge on any atom is 0.159 e. The van der Waals surface area contributed by atoms with Crippen LogP contribution in [0.1, 0.15) is 25.1 Å². The Morgan fingerprint density at radius 1 is 1.19 bits per heavy atom. The molecule has 2 heterocycles. The lowest BCUT2D eigenvalue weighted by Crippen LogP contribution is -1.90. The Labute approximate surface area is 96.4 Å². The van der Waals surface area contributed by atoms with E-state index in [1.807, 2.05) is 32.0 Å². The van der Waals surface area contributed by atoms with E-state index in [4.69, 9.17) is 0 Å². The number of aromatic nitrogens is 2. The molecule has 16 heavy (non-hydrogen) atoms.